The van der Waals surface area contributed by atoms with Crippen LogP contribution in [-0.2, 0) is 14.6 Å². The molecular weight excluding hydrogens is 516 g/mol. The van der Waals surface area contributed by atoms with Crippen LogP contribution in [0.15, 0.2) is 18.5 Å². The van der Waals surface area contributed by atoms with Gasteiger partial charge in [0.2, 0.25) is 0 Å². The van der Waals surface area contributed by atoms with Gasteiger partial charge in [-0.15, -0.1) is 0 Å². The standard InChI is InChI=1S/C28H34N6O4S/c1-4-5-24(35)33-7-6-22(16-33)34-14-21(15-34)20-12-18(2)26-23(13-20)31-27-25(19(3)38-26)28(30-17-29-27)32-8-10-39(36,37)11-9-32/h12-13,17,19,21-22H,6-11,14-16H2,1-3H3,(H,29,30,31)/t19-,22-/m1/s1. The number of benzene rings is 1. The molecule has 4 aliphatic rings. The molecule has 4 aliphatic heterocycles. The first kappa shape index (κ1) is 25.9. The molecule has 1 aromatic carbocycles. The number of anilines is 3. The third kappa shape index (κ3) is 4.92. The molecule has 1 aromatic heterocycles. The van der Waals surface area contributed by atoms with Crippen LogP contribution >= 0.6 is 0 Å². The molecule has 2 atom stereocenters. The molecule has 0 unspecified atom stereocenters. The molecule has 0 aliphatic carbocycles. The van der Waals surface area contributed by atoms with Crippen LogP contribution in [0.2, 0.25) is 0 Å². The molecule has 39 heavy (non-hydrogen) atoms. The van der Waals surface area contributed by atoms with Crippen molar-refractivity contribution >= 4 is 33.1 Å². The first-order chi connectivity index (χ1) is 18.7. The largest absolute Gasteiger partial charge is 0.483 e. The van der Waals surface area contributed by atoms with Crippen molar-refractivity contribution in [3.8, 4) is 17.6 Å². The first-order valence-corrected chi connectivity index (χ1v) is 15.4. The van der Waals surface area contributed by atoms with Crippen molar-refractivity contribution in [2.75, 3.05) is 61.0 Å². The molecule has 1 amide bonds. The molecule has 0 spiro atoms. The van der Waals surface area contributed by atoms with Gasteiger partial charge in [0.05, 0.1) is 22.8 Å². The summed E-state index contributed by atoms with van der Waals surface area (Å²) in [6, 6.07) is 4.78. The lowest BCUT2D eigenvalue weighted by Gasteiger charge is -2.43. The van der Waals surface area contributed by atoms with Gasteiger partial charge in [-0.2, -0.15) is 0 Å². The normalized spacial score (nSPS) is 24.3. The fourth-order valence-corrected chi connectivity index (χ4v) is 7.32. The number of fused-ring (bicyclic) bond motifs is 2. The van der Waals surface area contributed by atoms with E-state index in [0.29, 0.717) is 30.9 Å². The fraction of sp³-hybridized carbons (Fsp3) is 0.536. The van der Waals surface area contributed by atoms with E-state index < -0.39 is 9.84 Å². The Balaban J connectivity index is 1.19. The van der Waals surface area contributed by atoms with Crippen molar-refractivity contribution in [2.24, 2.45) is 0 Å². The number of aromatic nitrogens is 2. The summed E-state index contributed by atoms with van der Waals surface area (Å²) in [5.74, 6) is 8.17. The number of amides is 1. The lowest BCUT2D eigenvalue weighted by Crippen LogP contribution is -2.51. The zero-order valence-corrected chi connectivity index (χ0v) is 23.4. The van der Waals surface area contributed by atoms with Gasteiger partial charge in [-0.25, -0.2) is 18.4 Å². The second-order valence-electron chi connectivity index (χ2n) is 10.9. The van der Waals surface area contributed by atoms with Gasteiger partial charge >= 0.3 is 0 Å². The smallest absolute Gasteiger partial charge is 0.298 e. The van der Waals surface area contributed by atoms with Crippen molar-refractivity contribution in [3.63, 3.8) is 0 Å². The Morgan fingerprint density at radius 2 is 1.90 bits per heavy atom. The third-order valence-corrected chi connectivity index (χ3v) is 9.95. The molecular formula is C28H34N6O4S. The quantitative estimate of drug-likeness (QED) is 0.576. The zero-order valence-electron chi connectivity index (χ0n) is 22.6. The number of ether oxygens (including phenoxy) is 1. The Bertz CT molecular complexity index is 1460. The highest BCUT2D eigenvalue weighted by Crippen LogP contribution is 2.45. The molecule has 11 heteroatoms. The lowest BCUT2D eigenvalue weighted by atomic mass is 9.88. The number of rotatable bonds is 3. The van der Waals surface area contributed by atoms with Crippen LogP contribution in [0.25, 0.3) is 0 Å². The maximum atomic E-state index is 12.1. The summed E-state index contributed by atoms with van der Waals surface area (Å²) >= 11 is 0. The van der Waals surface area contributed by atoms with E-state index in [1.807, 2.05) is 16.7 Å². The molecule has 3 saturated heterocycles. The topological polar surface area (TPSA) is 108 Å². The van der Waals surface area contributed by atoms with Crippen LogP contribution in [0.3, 0.4) is 0 Å². The van der Waals surface area contributed by atoms with Crippen LogP contribution in [-0.4, -0.2) is 90.9 Å². The van der Waals surface area contributed by atoms with E-state index in [-0.39, 0.29) is 23.5 Å². The first-order valence-electron chi connectivity index (χ1n) is 13.6. The predicted molar refractivity (Wildman–Crippen MR) is 149 cm³/mol. The molecule has 0 saturated carbocycles. The Hall–Kier alpha value is -3.36. The van der Waals surface area contributed by atoms with Gasteiger partial charge in [-0.05, 0) is 50.3 Å². The lowest BCUT2D eigenvalue weighted by molar-refractivity contribution is -0.124. The molecule has 2 aromatic rings. The zero-order chi connectivity index (χ0) is 27.3. The minimum atomic E-state index is -3.00. The van der Waals surface area contributed by atoms with Gasteiger partial charge in [0.1, 0.15) is 29.8 Å². The Morgan fingerprint density at radius 3 is 2.64 bits per heavy atom. The Kier molecular flexibility index (Phi) is 6.63. The fourth-order valence-electron chi connectivity index (χ4n) is 6.12. The van der Waals surface area contributed by atoms with Crippen LogP contribution < -0.4 is 15.0 Å². The summed E-state index contributed by atoms with van der Waals surface area (Å²) in [7, 11) is -3.00. The van der Waals surface area contributed by atoms with E-state index in [9.17, 15) is 13.2 Å². The molecule has 6 rings (SSSR count). The van der Waals surface area contributed by atoms with E-state index in [0.717, 1.165) is 61.0 Å². The van der Waals surface area contributed by atoms with Crippen LogP contribution in [0, 0.1) is 18.8 Å². The number of sulfone groups is 1. The molecule has 1 N–H and O–H groups in total. The van der Waals surface area contributed by atoms with Crippen molar-refractivity contribution in [2.45, 2.75) is 45.3 Å². The van der Waals surface area contributed by atoms with Crippen molar-refractivity contribution in [3.05, 3.63) is 35.2 Å². The Morgan fingerprint density at radius 1 is 1.13 bits per heavy atom. The van der Waals surface area contributed by atoms with Crippen LogP contribution in [0.4, 0.5) is 17.3 Å². The molecule has 3 fully saturated rings. The van der Waals surface area contributed by atoms with Gasteiger partial charge in [0.15, 0.2) is 9.84 Å². The number of hydrogen-bond acceptors (Lipinski definition) is 9. The van der Waals surface area contributed by atoms with E-state index in [4.69, 9.17) is 4.74 Å². The van der Waals surface area contributed by atoms with Gasteiger partial charge < -0.3 is 19.9 Å². The van der Waals surface area contributed by atoms with Gasteiger partial charge in [-0.3, -0.25) is 9.69 Å². The second kappa shape index (κ2) is 9.99. The SMILES string of the molecule is CC#CC(=O)N1CC[C@@H](N2CC(c3cc(C)c4c(c3)Nc3ncnc(N5CCS(=O)(=O)CC5)c3[C@@H](C)O4)C2)C1. The van der Waals surface area contributed by atoms with E-state index >= 15 is 0 Å². The summed E-state index contributed by atoms with van der Waals surface area (Å²) in [5, 5.41) is 3.52. The van der Waals surface area contributed by atoms with E-state index in [2.05, 4.69) is 51.1 Å². The number of nitrogens with one attached hydrogen (secondary N) is 1. The molecule has 10 nitrogen and oxygen atoms in total. The van der Waals surface area contributed by atoms with Crippen LogP contribution in [0.1, 0.15) is 49.0 Å². The number of nitrogens with zero attached hydrogens (tertiary/aromatic N) is 5. The molecule has 0 bridgehead atoms. The minimum Gasteiger partial charge on any atom is -0.483 e. The summed E-state index contributed by atoms with van der Waals surface area (Å²) in [6.07, 6.45) is 2.21. The second-order valence-corrected chi connectivity index (χ2v) is 13.2. The van der Waals surface area contributed by atoms with Crippen molar-refractivity contribution < 1.29 is 17.9 Å². The average Bonchev–Trinajstić information content (AvgIpc) is 3.29. The monoisotopic (exact) mass is 550 g/mol. The Labute approximate surface area is 229 Å². The van der Waals surface area contributed by atoms with E-state index in [1.165, 1.54) is 11.9 Å². The van der Waals surface area contributed by atoms with Crippen molar-refractivity contribution in [1.82, 2.24) is 19.8 Å². The summed E-state index contributed by atoms with van der Waals surface area (Å²) in [5.41, 5.74) is 4.04. The number of likely N-dealkylation sites (tertiary alicyclic amines) is 2. The highest BCUT2D eigenvalue weighted by atomic mass is 32.2. The molecule has 5 heterocycles. The maximum absolute atomic E-state index is 12.1. The summed E-state index contributed by atoms with van der Waals surface area (Å²) in [4.78, 5) is 27.6. The molecule has 206 valence electrons. The van der Waals surface area contributed by atoms with Gasteiger partial charge in [-0.1, -0.05) is 12.0 Å². The summed E-state index contributed by atoms with van der Waals surface area (Å²) < 4.78 is 30.4. The average molecular weight is 551 g/mol. The van der Waals surface area contributed by atoms with Crippen molar-refractivity contribution in [1.29, 1.82) is 0 Å². The number of aryl methyl sites for hydroxylation is 1. The number of carbonyl (C=O) groups excluding carboxylic acids is 1. The predicted octanol–water partition coefficient (Wildman–Crippen LogP) is 2.24. The highest BCUT2D eigenvalue weighted by molar-refractivity contribution is 7.91. The third-order valence-electron chi connectivity index (χ3n) is 8.34. The van der Waals surface area contributed by atoms with Crippen LogP contribution in [0.5, 0.6) is 5.75 Å². The number of carbonyl (C=O) groups is 1. The minimum absolute atomic E-state index is 0.0729. The van der Waals surface area contributed by atoms with Gasteiger partial charge in [0, 0.05) is 51.2 Å². The maximum Gasteiger partial charge on any atom is 0.298 e. The molecule has 0 radical (unpaired) electrons. The summed E-state index contributed by atoms with van der Waals surface area (Å²) in [6.45, 7) is 10.0. The number of hydrogen-bond donors (Lipinski definition) is 1. The van der Waals surface area contributed by atoms with Gasteiger partial charge in [0.25, 0.3) is 5.91 Å². The van der Waals surface area contributed by atoms with E-state index in [1.54, 1.807) is 6.92 Å². The highest BCUT2D eigenvalue weighted by Gasteiger charge is 2.38.